The summed E-state index contributed by atoms with van der Waals surface area (Å²) in [6, 6.07) is 10.5. The number of carbonyl (C=O) groups is 2. The summed E-state index contributed by atoms with van der Waals surface area (Å²) in [6.45, 7) is 0. The van der Waals surface area contributed by atoms with Crippen LogP contribution in [0.15, 0.2) is 42.5 Å². The molecule has 0 spiro atoms. The van der Waals surface area contributed by atoms with E-state index < -0.39 is 33.8 Å². The molecule has 0 aliphatic carbocycles. The number of hydrogen-bond donors (Lipinski definition) is 1. The molecule has 3 aromatic rings. The van der Waals surface area contributed by atoms with Crippen molar-refractivity contribution in [2.45, 2.75) is 23.6 Å². The quantitative estimate of drug-likeness (QED) is 0.593. The van der Waals surface area contributed by atoms with Crippen LogP contribution < -0.4 is 4.90 Å². The fraction of sp³-hybridized carbons (Fsp3) is 0.211. The number of alkyl halides is 3. The highest BCUT2D eigenvalue weighted by Crippen LogP contribution is 2.39. The second-order valence-electron chi connectivity index (χ2n) is 6.43. The number of benzene rings is 2. The lowest BCUT2D eigenvalue weighted by atomic mass is 10.2. The molecule has 2 aromatic carbocycles. The van der Waals surface area contributed by atoms with Crippen molar-refractivity contribution in [2.75, 3.05) is 4.90 Å². The van der Waals surface area contributed by atoms with Gasteiger partial charge < -0.3 is 4.98 Å². The van der Waals surface area contributed by atoms with Crippen LogP contribution in [0.5, 0.6) is 0 Å². The first kappa shape index (κ1) is 19.8. The van der Waals surface area contributed by atoms with Crippen molar-refractivity contribution in [2.24, 2.45) is 0 Å². The van der Waals surface area contributed by atoms with Crippen LogP contribution in [0, 0.1) is 0 Å². The number of anilines is 1. The largest absolute Gasteiger partial charge is 0.417 e. The summed E-state index contributed by atoms with van der Waals surface area (Å²) in [5, 5.41) is -1.18. The highest BCUT2D eigenvalue weighted by Gasteiger charge is 2.41. The smallest absolute Gasteiger partial charge is 0.341 e. The average molecular weight is 440 g/mol. The predicted molar refractivity (Wildman–Crippen MR) is 105 cm³/mol. The van der Waals surface area contributed by atoms with Crippen LogP contribution in [0.3, 0.4) is 0 Å². The molecule has 150 valence electrons. The Hall–Kier alpha value is -2.52. The normalized spacial score (nSPS) is 17.5. The number of imidazole rings is 1. The van der Waals surface area contributed by atoms with Gasteiger partial charge in [0, 0.05) is 6.42 Å². The van der Waals surface area contributed by atoms with Crippen LogP contribution in [-0.4, -0.2) is 27.0 Å². The van der Waals surface area contributed by atoms with E-state index in [0.29, 0.717) is 11.6 Å². The molecule has 1 saturated heterocycles. The molecular formula is C19H13ClF3N3O2S. The lowest BCUT2D eigenvalue weighted by Gasteiger charge is -2.17. The van der Waals surface area contributed by atoms with Crippen LogP contribution in [0.1, 0.15) is 17.8 Å². The highest BCUT2D eigenvalue weighted by atomic mass is 35.5. The summed E-state index contributed by atoms with van der Waals surface area (Å²) in [5.41, 5.74) is 0.429. The minimum absolute atomic E-state index is 0.0896. The standard InChI is InChI=1S/C19H13ClF3N3O2S/c20-12-6-5-10(7-11(12)19(21,22)23)26-17(27)8-15(18(26)28)29-9-16-24-13-3-1-2-4-14(13)25-16/h1-7,15H,8-9H2,(H,24,25)/t15-/m0/s1. The number of rotatable bonds is 4. The molecule has 1 N–H and O–H groups in total. The minimum atomic E-state index is -4.69. The third-order valence-corrected chi connectivity index (χ3v) is 6.02. The molecule has 5 nitrogen and oxygen atoms in total. The second kappa shape index (κ2) is 7.38. The number of thioether (sulfide) groups is 1. The Kier molecular flexibility index (Phi) is 5.04. The first-order valence-electron chi connectivity index (χ1n) is 8.53. The van der Waals surface area contributed by atoms with E-state index in [0.717, 1.165) is 28.1 Å². The van der Waals surface area contributed by atoms with Crippen LogP contribution in [0.25, 0.3) is 11.0 Å². The van der Waals surface area contributed by atoms with Gasteiger partial charge in [-0.3, -0.25) is 9.59 Å². The van der Waals surface area contributed by atoms with E-state index in [-0.39, 0.29) is 12.1 Å². The van der Waals surface area contributed by atoms with Gasteiger partial charge in [0.25, 0.3) is 0 Å². The molecule has 29 heavy (non-hydrogen) atoms. The monoisotopic (exact) mass is 439 g/mol. The molecule has 1 aliphatic heterocycles. The maximum atomic E-state index is 13.1. The number of carbonyl (C=O) groups excluding carboxylic acids is 2. The number of nitrogens with zero attached hydrogens (tertiary/aromatic N) is 2. The van der Waals surface area contributed by atoms with Gasteiger partial charge >= 0.3 is 6.18 Å². The topological polar surface area (TPSA) is 66.1 Å². The van der Waals surface area contributed by atoms with Crippen molar-refractivity contribution in [3.05, 3.63) is 58.9 Å². The van der Waals surface area contributed by atoms with Crippen molar-refractivity contribution in [1.29, 1.82) is 0 Å². The maximum absolute atomic E-state index is 13.1. The van der Waals surface area contributed by atoms with Gasteiger partial charge in [0.05, 0.1) is 38.3 Å². The summed E-state index contributed by atoms with van der Waals surface area (Å²) < 4.78 is 39.3. The van der Waals surface area contributed by atoms with Gasteiger partial charge in [-0.05, 0) is 30.3 Å². The molecule has 2 amide bonds. The SMILES string of the molecule is O=C1C[C@H](SCc2nc3ccccc3[nH]2)C(=O)N1c1ccc(Cl)c(C(F)(F)F)c1. The van der Waals surface area contributed by atoms with E-state index in [9.17, 15) is 22.8 Å². The molecule has 0 unspecified atom stereocenters. The Morgan fingerprint density at radius 1 is 1.21 bits per heavy atom. The first-order valence-corrected chi connectivity index (χ1v) is 9.95. The zero-order valence-electron chi connectivity index (χ0n) is 14.7. The van der Waals surface area contributed by atoms with Gasteiger partial charge in [-0.2, -0.15) is 13.2 Å². The molecule has 1 aliphatic rings. The van der Waals surface area contributed by atoms with Crippen molar-refractivity contribution >= 4 is 51.9 Å². The van der Waals surface area contributed by atoms with Gasteiger partial charge in [0.1, 0.15) is 5.82 Å². The van der Waals surface area contributed by atoms with E-state index in [1.807, 2.05) is 24.3 Å². The number of fused-ring (bicyclic) bond motifs is 1. The fourth-order valence-electron chi connectivity index (χ4n) is 3.13. The van der Waals surface area contributed by atoms with Gasteiger partial charge in [-0.1, -0.05) is 23.7 Å². The summed E-state index contributed by atoms with van der Waals surface area (Å²) in [6.07, 6.45) is -4.78. The van der Waals surface area contributed by atoms with Crippen LogP contribution >= 0.6 is 23.4 Å². The average Bonchev–Trinajstić information content (AvgIpc) is 3.20. The van der Waals surface area contributed by atoms with Crippen molar-refractivity contribution in [3.8, 4) is 0 Å². The van der Waals surface area contributed by atoms with Crippen molar-refractivity contribution < 1.29 is 22.8 Å². The lowest BCUT2D eigenvalue weighted by molar-refractivity contribution is -0.137. The molecule has 1 atom stereocenters. The molecule has 0 bridgehead atoms. The van der Waals surface area contributed by atoms with E-state index in [1.54, 1.807) is 0 Å². The van der Waals surface area contributed by atoms with Gasteiger partial charge in [0.2, 0.25) is 11.8 Å². The molecule has 1 aromatic heterocycles. The Bertz CT molecular complexity index is 1080. The van der Waals surface area contributed by atoms with Crippen LogP contribution in [0.4, 0.5) is 18.9 Å². The summed E-state index contributed by atoms with van der Waals surface area (Å²) >= 11 is 6.84. The van der Waals surface area contributed by atoms with E-state index in [4.69, 9.17) is 11.6 Å². The Morgan fingerprint density at radius 2 is 1.97 bits per heavy atom. The maximum Gasteiger partial charge on any atom is 0.417 e. The molecule has 4 rings (SSSR count). The van der Waals surface area contributed by atoms with Crippen LogP contribution in [0.2, 0.25) is 5.02 Å². The number of aromatic nitrogens is 2. The molecule has 1 fully saturated rings. The van der Waals surface area contributed by atoms with Crippen LogP contribution in [-0.2, 0) is 21.5 Å². The number of halogens is 4. The number of aromatic amines is 1. The van der Waals surface area contributed by atoms with E-state index in [2.05, 4.69) is 9.97 Å². The third kappa shape index (κ3) is 3.84. The molecule has 0 radical (unpaired) electrons. The summed E-state index contributed by atoms with van der Waals surface area (Å²) in [7, 11) is 0. The summed E-state index contributed by atoms with van der Waals surface area (Å²) in [5.74, 6) is -0.0828. The minimum Gasteiger partial charge on any atom is -0.341 e. The predicted octanol–water partition coefficient (Wildman–Crippen LogP) is 4.80. The molecule has 0 saturated carbocycles. The third-order valence-electron chi connectivity index (χ3n) is 4.48. The van der Waals surface area contributed by atoms with Crippen molar-refractivity contribution in [1.82, 2.24) is 9.97 Å². The van der Waals surface area contributed by atoms with Gasteiger partial charge in [0.15, 0.2) is 0 Å². The van der Waals surface area contributed by atoms with Gasteiger partial charge in [-0.25, -0.2) is 9.88 Å². The Labute approximate surface area is 172 Å². The number of para-hydroxylation sites is 2. The molecule has 10 heteroatoms. The second-order valence-corrected chi connectivity index (χ2v) is 8.03. The highest BCUT2D eigenvalue weighted by molar-refractivity contribution is 7.99. The summed E-state index contributed by atoms with van der Waals surface area (Å²) in [4.78, 5) is 33.4. The zero-order chi connectivity index (χ0) is 20.8. The molecular weight excluding hydrogens is 427 g/mol. The lowest BCUT2D eigenvalue weighted by Crippen LogP contribution is -2.31. The van der Waals surface area contributed by atoms with Gasteiger partial charge in [-0.15, -0.1) is 11.8 Å². The number of H-pyrrole nitrogens is 1. The van der Waals surface area contributed by atoms with Crippen molar-refractivity contribution in [3.63, 3.8) is 0 Å². The van der Waals surface area contributed by atoms with E-state index >= 15 is 0 Å². The Morgan fingerprint density at radius 3 is 2.69 bits per heavy atom. The fourth-order valence-corrected chi connectivity index (χ4v) is 4.36. The Balaban J connectivity index is 1.51. The number of amides is 2. The number of hydrogen-bond acceptors (Lipinski definition) is 4. The number of imide groups is 1. The molecule has 2 heterocycles. The first-order chi connectivity index (χ1) is 13.7. The van der Waals surface area contributed by atoms with E-state index in [1.165, 1.54) is 17.8 Å². The number of nitrogens with one attached hydrogen (secondary N) is 1. The zero-order valence-corrected chi connectivity index (χ0v) is 16.2.